The van der Waals surface area contributed by atoms with E-state index >= 15 is 0 Å². The number of furan rings is 1. The van der Waals surface area contributed by atoms with Gasteiger partial charge in [0, 0.05) is 60.7 Å². The minimum Gasteiger partial charge on any atom is -0.460 e. The molecule has 1 aromatic carbocycles. The van der Waals surface area contributed by atoms with Gasteiger partial charge in [-0.3, -0.25) is 14.5 Å². The average Bonchev–Trinajstić information content (AvgIpc) is 3.31. The number of aromatic amines is 1. The van der Waals surface area contributed by atoms with Gasteiger partial charge in [0.25, 0.3) is 11.5 Å². The fourth-order valence-corrected chi connectivity index (χ4v) is 5.96. The predicted molar refractivity (Wildman–Crippen MR) is 150 cm³/mol. The smallest absolute Gasteiger partial charge is 0.253 e. The molecule has 0 radical (unpaired) electrons. The van der Waals surface area contributed by atoms with E-state index in [1.54, 1.807) is 6.07 Å². The molecule has 0 spiro atoms. The number of benzene rings is 1. The Morgan fingerprint density at radius 2 is 1.89 bits per heavy atom. The topological polar surface area (TPSA) is 90.8 Å². The number of aryl methyl sites for hydroxylation is 1. The number of nitrogens with zero attached hydrogens (tertiary/aromatic N) is 2. The molecule has 0 bridgehead atoms. The highest BCUT2D eigenvalue weighted by Gasteiger charge is 2.27. The number of piperidine rings is 1. The third-order valence-electron chi connectivity index (χ3n) is 8.02. The van der Waals surface area contributed by atoms with E-state index in [-0.39, 0.29) is 18.0 Å². The van der Waals surface area contributed by atoms with E-state index < -0.39 is 0 Å². The first kappa shape index (κ1) is 26.5. The van der Waals surface area contributed by atoms with E-state index in [1.165, 1.54) is 19.3 Å². The van der Waals surface area contributed by atoms with Crippen LogP contribution in [0.4, 0.5) is 5.69 Å². The van der Waals surface area contributed by atoms with Crippen molar-refractivity contribution in [1.29, 1.82) is 0 Å². The van der Waals surface area contributed by atoms with Gasteiger partial charge in [-0.1, -0.05) is 12.5 Å². The molecule has 38 heavy (non-hydrogen) atoms. The lowest BCUT2D eigenvalue weighted by atomic mass is 9.98. The van der Waals surface area contributed by atoms with Gasteiger partial charge in [0.15, 0.2) is 0 Å². The lowest BCUT2D eigenvalue weighted by Crippen LogP contribution is -2.40. The normalized spacial score (nSPS) is 17.1. The number of nitrogens with one attached hydrogen (secondary N) is 2. The van der Waals surface area contributed by atoms with Gasteiger partial charge in [0.05, 0.1) is 12.1 Å². The summed E-state index contributed by atoms with van der Waals surface area (Å²) < 4.78 is 12.0. The number of pyridine rings is 1. The van der Waals surface area contributed by atoms with Crippen molar-refractivity contribution in [2.45, 2.75) is 72.0 Å². The Labute approximate surface area is 224 Å². The summed E-state index contributed by atoms with van der Waals surface area (Å²) >= 11 is 0. The van der Waals surface area contributed by atoms with E-state index in [4.69, 9.17) is 9.15 Å². The van der Waals surface area contributed by atoms with Crippen LogP contribution in [-0.2, 0) is 17.8 Å². The maximum absolute atomic E-state index is 13.8. The number of rotatable bonds is 8. The second-order valence-corrected chi connectivity index (χ2v) is 10.7. The lowest BCUT2D eigenvalue weighted by Gasteiger charge is -2.36. The molecule has 2 aliphatic heterocycles. The highest BCUT2D eigenvalue weighted by Crippen LogP contribution is 2.36. The number of carbonyl (C=O) groups excluding carboxylic acids is 1. The molecule has 2 saturated heterocycles. The van der Waals surface area contributed by atoms with Crippen LogP contribution in [-0.4, -0.2) is 54.7 Å². The summed E-state index contributed by atoms with van der Waals surface area (Å²) in [7, 11) is 0. The van der Waals surface area contributed by atoms with Crippen molar-refractivity contribution in [3.8, 4) is 0 Å². The number of anilines is 1. The summed E-state index contributed by atoms with van der Waals surface area (Å²) in [4.78, 5) is 33.8. The molecule has 2 N–H and O–H groups in total. The Balaban J connectivity index is 1.51. The monoisotopic (exact) mass is 520 g/mol. The molecule has 3 aromatic rings. The molecule has 204 valence electrons. The zero-order valence-corrected chi connectivity index (χ0v) is 22.9. The highest BCUT2D eigenvalue weighted by atomic mass is 16.5. The Kier molecular flexibility index (Phi) is 8.19. The van der Waals surface area contributed by atoms with Crippen LogP contribution in [0.25, 0.3) is 11.0 Å². The summed E-state index contributed by atoms with van der Waals surface area (Å²) in [5.74, 6) is 0.694. The summed E-state index contributed by atoms with van der Waals surface area (Å²) in [5, 5.41) is 3.84. The number of likely N-dealkylation sites (tertiary alicyclic amines) is 1. The molecule has 8 heteroatoms. The Morgan fingerprint density at radius 1 is 1.13 bits per heavy atom. The fourth-order valence-electron chi connectivity index (χ4n) is 5.96. The third kappa shape index (κ3) is 5.66. The molecule has 0 saturated carbocycles. The van der Waals surface area contributed by atoms with E-state index in [0.29, 0.717) is 17.2 Å². The minimum atomic E-state index is -0.192. The van der Waals surface area contributed by atoms with E-state index in [9.17, 15) is 9.59 Å². The van der Waals surface area contributed by atoms with E-state index in [1.807, 2.05) is 26.0 Å². The predicted octanol–water partition coefficient (Wildman–Crippen LogP) is 4.66. The average molecular weight is 521 g/mol. The molecule has 2 fully saturated rings. The van der Waals surface area contributed by atoms with Crippen molar-refractivity contribution in [3.63, 3.8) is 0 Å². The number of ether oxygens (including phenoxy) is 1. The van der Waals surface area contributed by atoms with Crippen molar-refractivity contribution < 1.29 is 13.9 Å². The standard InChI is InChI=1S/C30H40N4O4/c1-4-34(23-10-14-37-15-11-23)26-17-27-25(16-24(38-27)19-33-12-6-5-7-13-33)28(21(26)3)30(36)31-18-22-9-8-20(2)32-29(22)35/h8-9,16-17,23H,4-7,10-15,18-19H2,1-3H3,(H,31,36)(H,32,35). The van der Waals surface area contributed by atoms with Crippen LogP contribution in [0.2, 0.25) is 0 Å². The number of H-pyrrole nitrogens is 1. The van der Waals surface area contributed by atoms with Gasteiger partial charge in [-0.05, 0) is 77.2 Å². The molecular weight excluding hydrogens is 480 g/mol. The van der Waals surface area contributed by atoms with Crippen molar-refractivity contribution >= 4 is 22.6 Å². The highest BCUT2D eigenvalue weighted by molar-refractivity contribution is 6.09. The van der Waals surface area contributed by atoms with Gasteiger partial charge in [-0.2, -0.15) is 0 Å². The maximum atomic E-state index is 13.8. The van der Waals surface area contributed by atoms with Gasteiger partial charge >= 0.3 is 0 Å². The van der Waals surface area contributed by atoms with E-state index in [0.717, 1.165) is 85.9 Å². The summed E-state index contributed by atoms with van der Waals surface area (Å²) in [6.45, 7) is 11.4. The molecule has 0 atom stereocenters. The summed E-state index contributed by atoms with van der Waals surface area (Å²) in [6.07, 6.45) is 5.63. The maximum Gasteiger partial charge on any atom is 0.253 e. The van der Waals surface area contributed by atoms with Crippen molar-refractivity contribution in [2.75, 3.05) is 37.7 Å². The zero-order valence-electron chi connectivity index (χ0n) is 22.9. The van der Waals surface area contributed by atoms with E-state index in [2.05, 4.69) is 33.1 Å². The molecular formula is C30H40N4O4. The molecule has 0 aliphatic carbocycles. The Morgan fingerprint density at radius 3 is 2.61 bits per heavy atom. The number of carbonyl (C=O) groups is 1. The molecule has 2 aromatic heterocycles. The van der Waals surface area contributed by atoms with Crippen molar-refractivity contribution in [3.05, 3.63) is 62.8 Å². The van der Waals surface area contributed by atoms with Crippen LogP contribution in [0, 0.1) is 13.8 Å². The summed E-state index contributed by atoms with van der Waals surface area (Å²) in [5.41, 5.74) is 4.48. The van der Waals surface area contributed by atoms with Crippen LogP contribution >= 0.6 is 0 Å². The van der Waals surface area contributed by atoms with Crippen LogP contribution in [0.5, 0.6) is 0 Å². The molecule has 0 unspecified atom stereocenters. The second kappa shape index (κ2) is 11.7. The third-order valence-corrected chi connectivity index (χ3v) is 8.02. The van der Waals surface area contributed by atoms with Gasteiger partial charge in [-0.25, -0.2) is 0 Å². The summed E-state index contributed by atoms with van der Waals surface area (Å²) in [6, 6.07) is 8.13. The number of hydrogen-bond acceptors (Lipinski definition) is 6. The first-order valence-corrected chi connectivity index (χ1v) is 14.0. The minimum absolute atomic E-state index is 0.162. The number of fused-ring (bicyclic) bond motifs is 1. The van der Waals surface area contributed by atoms with Crippen LogP contribution in [0.3, 0.4) is 0 Å². The van der Waals surface area contributed by atoms with Crippen LogP contribution in [0.1, 0.15) is 72.0 Å². The van der Waals surface area contributed by atoms with Gasteiger partial charge in [0.2, 0.25) is 0 Å². The van der Waals surface area contributed by atoms with Gasteiger partial charge < -0.3 is 24.4 Å². The number of amides is 1. The van der Waals surface area contributed by atoms with Gasteiger partial charge in [0.1, 0.15) is 11.3 Å². The van der Waals surface area contributed by atoms with Crippen LogP contribution < -0.4 is 15.8 Å². The largest absolute Gasteiger partial charge is 0.460 e. The Bertz CT molecular complexity index is 1330. The van der Waals surface area contributed by atoms with Crippen molar-refractivity contribution in [2.24, 2.45) is 0 Å². The molecule has 4 heterocycles. The molecule has 5 rings (SSSR count). The first-order valence-electron chi connectivity index (χ1n) is 14.0. The SMILES string of the molecule is CCN(c1cc2oc(CN3CCCCC3)cc2c(C(=O)NCc2ccc(C)[nH]c2=O)c1C)C1CCOCC1. The second-order valence-electron chi connectivity index (χ2n) is 10.7. The Hall–Kier alpha value is -3.10. The number of aromatic nitrogens is 1. The fraction of sp³-hybridized carbons (Fsp3) is 0.533. The number of hydrogen-bond donors (Lipinski definition) is 2. The quantitative estimate of drug-likeness (QED) is 0.449. The lowest BCUT2D eigenvalue weighted by molar-refractivity contribution is 0.0846. The molecule has 1 amide bonds. The zero-order chi connectivity index (χ0) is 26.6. The molecule has 2 aliphatic rings. The van der Waals surface area contributed by atoms with Gasteiger partial charge in [-0.15, -0.1) is 0 Å². The van der Waals surface area contributed by atoms with Crippen LogP contribution in [0.15, 0.2) is 33.5 Å². The molecule has 8 nitrogen and oxygen atoms in total. The first-order chi connectivity index (χ1) is 18.4. The van der Waals surface area contributed by atoms with Crippen molar-refractivity contribution in [1.82, 2.24) is 15.2 Å².